The molecule has 0 bridgehead atoms. The van der Waals surface area contributed by atoms with Crippen molar-refractivity contribution in [2.75, 3.05) is 4.90 Å². The van der Waals surface area contributed by atoms with Crippen molar-refractivity contribution in [1.29, 1.82) is 0 Å². The molecule has 0 saturated heterocycles. The van der Waals surface area contributed by atoms with E-state index in [1.165, 1.54) is 18.2 Å². The summed E-state index contributed by atoms with van der Waals surface area (Å²) in [5.74, 6) is 0. The first-order valence-electron chi connectivity index (χ1n) is 6.13. The number of rotatable bonds is 2. The van der Waals surface area contributed by atoms with Crippen LogP contribution < -0.4 is 10.6 Å². The van der Waals surface area contributed by atoms with Crippen molar-refractivity contribution in [2.24, 2.45) is 5.73 Å². The number of nitrogens with two attached hydrogens (primary N) is 1. The maximum atomic E-state index is 13.1. The number of benzene rings is 2. The Balaban J connectivity index is 2.59. The number of carbonyl (C=O) groups excluding carboxylic acids is 1. The smallest absolute Gasteiger partial charge is 0.351 e. The highest BCUT2D eigenvalue weighted by atomic mass is 19.4. The first-order valence-corrected chi connectivity index (χ1v) is 6.13. The minimum atomic E-state index is -4.57. The third kappa shape index (κ3) is 3.16. The maximum Gasteiger partial charge on any atom is 0.418 e. The highest BCUT2D eigenvalue weighted by Crippen LogP contribution is 2.38. The van der Waals surface area contributed by atoms with Crippen molar-refractivity contribution in [3.8, 4) is 0 Å². The van der Waals surface area contributed by atoms with Crippen LogP contribution in [0.5, 0.6) is 0 Å². The fourth-order valence-corrected chi connectivity index (χ4v) is 1.99. The number of para-hydroxylation sites is 1. The number of carbonyl (C=O) groups is 1. The molecule has 0 aliphatic carbocycles. The summed E-state index contributed by atoms with van der Waals surface area (Å²) < 4.78 is 39.2. The molecule has 21 heavy (non-hydrogen) atoms. The Morgan fingerprint density at radius 3 is 2.14 bits per heavy atom. The topological polar surface area (TPSA) is 46.3 Å². The number of aryl methyl sites for hydroxylation is 1. The van der Waals surface area contributed by atoms with Crippen LogP contribution in [-0.4, -0.2) is 6.03 Å². The second kappa shape index (κ2) is 5.47. The van der Waals surface area contributed by atoms with E-state index < -0.39 is 17.8 Å². The third-order valence-electron chi connectivity index (χ3n) is 2.96. The monoisotopic (exact) mass is 294 g/mol. The zero-order valence-corrected chi connectivity index (χ0v) is 11.2. The lowest BCUT2D eigenvalue weighted by molar-refractivity contribution is -0.137. The normalized spacial score (nSPS) is 11.2. The average Bonchev–Trinajstić information content (AvgIpc) is 2.40. The summed E-state index contributed by atoms with van der Waals surface area (Å²) in [5, 5.41) is 0. The minimum Gasteiger partial charge on any atom is -0.351 e. The van der Waals surface area contributed by atoms with Gasteiger partial charge in [0.2, 0.25) is 0 Å². The number of hydrogen-bond acceptors (Lipinski definition) is 1. The van der Waals surface area contributed by atoms with Gasteiger partial charge in [0.05, 0.1) is 16.9 Å². The Kier molecular flexibility index (Phi) is 3.88. The van der Waals surface area contributed by atoms with Gasteiger partial charge in [-0.1, -0.05) is 29.8 Å². The summed E-state index contributed by atoms with van der Waals surface area (Å²) in [6, 6.07) is 10.3. The van der Waals surface area contributed by atoms with Crippen LogP contribution in [-0.2, 0) is 6.18 Å². The van der Waals surface area contributed by atoms with E-state index >= 15 is 0 Å². The Morgan fingerprint density at radius 2 is 1.62 bits per heavy atom. The van der Waals surface area contributed by atoms with Crippen LogP contribution in [0.1, 0.15) is 11.1 Å². The minimum absolute atomic E-state index is 0.282. The number of nitrogens with zero attached hydrogens (tertiary/aromatic N) is 1. The average molecular weight is 294 g/mol. The van der Waals surface area contributed by atoms with Crippen molar-refractivity contribution in [3.63, 3.8) is 0 Å². The quantitative estimate of drug-likeness (QED) is 0.885. The van der Waals surface area contributed by atoms with Gasteiger partial charge in [-0.2, -0.15) is 13.2 Å². The highest BCUT2D eigenvalue weighted by Gasteiger charge is 2.35. The highest BCUT2D eigenvalue weighted by molar-refractivity contribution is 5.99. The van der Waals surface area contributed by atoms with Gasteiger partial charge in [-0.15, -0.1) is 0 Å². The summed E-state index contributed by atoms with van der Waals surface area (Å²) in [5.41, 5.74) is 5.27. The van der Waals surface area contributed by atoms with Crippen LogP contribution in [0.15, 0.2) is 48.5 Å². The molecule has 0 aliphatic rings. The van der Waals surface area contributed by atoms with Crippen LogP contribution >= 0.6 is 0 Å². The molecule has 110 valence electrons. The van der Waals surface area contributed by atoms with Crippen molar-refractivity contribution >= 4 is 17.4 Å². The number of hydrogen-bond donors (Lipinski definition) is 1. The van der Waals surface area contributed by atoms with Gasteiger partial charge in [0, 0.05) is 0 Å². The number of amides is 2. The van der Waals surface area contributed by atoms with Crippen LogP contribution in [0.3, 0.4) is 0 Å². The van der Waals surface area contributed by atoms with E-state index in [1.807, 2.05) is 6.92 Å². The molecule has 3 nitrogen and oxygen atoms in total. The molecule has 0 fully saturated rings. The van der Waals surface area contributed by atoms with Gasteiger partial charge in [-0.3, -0.25) is 4.90 Å². The third-order valence-corrected chi connectivity index (χ3v) is 2.96. The van der Waals surface area contributed by atoms with E-state index in [2.05, 4.69) is 0 Å². The summed E-state index contributed by atoms with van der Waals surface area (Å²) >= 11 is 0. The molecule has 0 heterocycles. The van der Waals surface area contributed by atoms with Gasteiger partial charge >= 0.3 is 12.2 Å². The summed E-state index contributed by atoms with van der Waals surface area (Å²) in [6.45, 7) is 1.84. The number of halogens is 3. The van der Waals surface area contributed by atoms with E-state index in [9.17, 15) is 18.0 Å². The first-order chi connectivity index (χ1) is 9.80. The van der Waals surface area contributed by atoms with Gasteiger partial charge in [0.25, 0.3) is 0 Å². The predicted molar refractivity (Wildman–Crippen MR) is 74.3 cm³/mol. The first kappa shape index (κ1) is 14.9. The zero-order valence-electron chi connectivity index (χ0n) is 11.2. The van der Waals surface area contributed by atoms with Gasteiger partial charge in [0.15, 0.2) is 0 Å². The van der Waals surface area contributed by atoms with Crippen molar-refractivity contribution in [1.82, 2.24) is 0 Å². The zero-order chi connectivity index (χ0) is 15.6. The Labute approximate surface area is 119 Å². The molecule has 2 rings (SSSR count). The van der Waals surface area contributed by atoms with E-state index in [-0.39, 0.29) is 11.4 Å². The molecule has 0 aliphatic heterocycles. The lowest BCUT2D eigenvalue weighted by Gasteiger charge is -2.24. The Bertz CT molecular complexity index is 651. The molecular formula is C15H13F3N2O. The summed E-state index contributed by atoms with van der Waals surface area (Å²) in [7, 11) is 0. The molecular weight excluding hydrogens is 281 g/mol. The van der Waals surface area contributed by atoms with Crippen molar-refractivity contribution in [2.45, 2.75) is 13.1 Å². The molecule has 2 N–H and O–H groups in total. The predicted octanol–water partition coefficient (Wildman–Crippen LogP) is 4.23. The standard InChI is InChI=1S/C15H13F3N2O/c1-10-6-8-11(9-7-10)20(14(19)21)13-5-3-2-4-12(13)15(16,17)18/h2-9H,1H3,(H2,19,21). The molecule has 0 saturated carbocycles. The van der Waals surface area contributed by atoms with Crippen LogP contribution in [0.25, 0.3) is 0 Å². The van der Waals surface area contributed by atoms with Crippen LogP contribution in [0.2, 0.25) is 0 Å². The van der Waals surface area contributed by atoms with E-state index in [4.69, 9.17) is 5.73 Å². The lowest BCUT2D eigenvalue weighted by Crippen LogP contribution is -2.33. The molecule has 0 spiro atoms. The van der Waals surface area contributed by atoms with Crippen LogP contribution in [0, 0.1) is 6.92 Å². The second-order valence-corrected chi connectivity index (χ2v) is 4.52. The summed E-state index contributed by atoms with van der Waals surface area (Å²) in [6.07, 6.45) is -4.57. The van der Waals surface area contributed by atoms with E-state index in [0.717, 1.165) is 16.5 Å². The molecule has 0 atom stereocenters. The van der Waals surface area contributed by atoms with Gasteiger partial charge in [0.1, 0.15) is 0 Å². The SMILES string of the molecule is Cc1ccc(N(C(N)=O)c2ccccc2C(F)(F)F)cc1. The Morgan fingerprint density at radius 1 is 1.05 bits per heavy atom. The number of anilines is 2. The van der Waals surface area contributed by atoms with Crippen molar-refractivity contribution in [3.05, 3.63) is 59.7 Å². The largest absolute Gasteiger partial charge is 0.418 e. The van der Waals surface area contributed by atoms with Crippen molar-refractivity contribution < 1.29 is 18.0 Å². The summed E-state index contributed by atoms with van der Waals surface area (Å²) in [4.78, 5) is 12.5. The fraction of sp³-hybridized carbons (Fsp3) is 0.133. The molecule has 6 heteroatoms. The lowest BCUT2D eigenvalue weighted by atomic mass is 10.1. The van der Waals surface area contributed by atoms with Gasteiger partial charge in [-0.05, 0) is 31.2 Å². The molecule has 0 radical (unpaired) electrons. The Hall–Kier alpha value is -2.50. The second-order valence-electron chi connectivity index (χ2n) is 4.52. The fourth-order valence-electron chi connectivity index (χ4n) is 1.99. The van der Waals surface area contributed by atoms with Crippen LogP contribution in [0.4, 0.5) is 29.3 Å². The van der Waals surface area contributed by atoms with Gasteiger partial charge in [-0.25, -0.2) is 4.79 Å². The van der Waals surface area contributed by atoms with Gasteiger partial charge < -0.3 is 5.73 Å². The maximum absolute atomic E-state index is 13.1. The molecule has 2 aromatic carbocycles. The number of urea groups is 1. The molecule has 2 amide bonds. The molecule has 0 unspecified atom stereocenters. The number of primary amides is 1. The molecule has 2 aromatic rings. The molecule has 0 aromatic heterocycles. The van der Waals surface area contributed by atoms with E-state index in [0.29, 0.717) is 0 Å². The number of alkyl halides is 3. The van der Waals surface area contributed by atoms with E-state index in [1.54, 1.807) is 24.3 Å².